The van der Waals surface area contributed by atoms with E-state index in [1.54, 1.807) is 0 Å². The SMILES string of the molecule is c1ccc(-c2cccc(-c3nc(-c4ccc(-c5ccc6c(c5)-c5ccccc5C65CCCCC5)cc4)nc(-c4cccc5c4oc4ccccc45)n3)c2)cc1. The van der Waals surface area contributed by atoms with Crippen molar-refractivity contribution < 1.29 is 4.42 Å². The third kappa shape index (κ3) is 5.24. The maximum absolute atomic E-state index is 6.46. The lowest BCUT2D eigenvalue weighted by atomic mass is 9.68. The molecule has 0 amide bonds. The number of furan rings is 1. The molecule has 55 heavy (non-hydrogen) atoms. The summed E-state index contributed by atoms with van der Waals surface area (Å²) in [6.45, 7) is 0. The minimum absolute atomic E-state index is 0.161. The Kier molecular flexibility index (Phi) is 7.38. The maximum Gasteiger partial charge on any atom is 0.167 e. The van der Waals surface area contributed by atoms with E-state index in [2.05, 4.69) is 133 Å². The van der Waals surface area contributed by atoms with Crippen molar-refractivity contribution in [3.63, 3.8) is 0 Å². The molecule has 0 atom stereocenters. The van der Waals surface area contributed by atoms with Gasteiger partial charge in [0.2, 0.25) is 0 Å². The van der Waals surface area contributed by atoms with Crippen LogP contribution in [0.5, 0.6) is 0 Å². The van der Waals surface area contributed by atoms with Crippen molar-refractivity contribution >= 4 is 21.9 Å². The Morgan fingerprint density at radius 3 is 1.84 bits per heavy atom. The Morgan fingerprint density at radius 1 is 0.382 bits per heavy atom. The van der Waals surface area contributed by atoms with Gasteiger partial charge in [0, 0.05) is 27.3 Å². The van der Waals surface area contributed by atoms with Crippen LogP contribution in [0.2, 0.25) is 0 Å². The van der Waals surface area contributed by atoms with Gasteiger partial charge in [-0.1, -0.05) is 159 Å². The lowest BCUT2D eigenvalue weighted by molar-refractivity contribution is 0.353. The standard InChI is InChI=1S/C51H37N3O/c1-3-13-33(14-4-1)36-15-11-16-38(31-36)49-52-48(53-50(54-49)42-20-12-19-41-40-18-6-8-22-46(40)55-47(41)42)35-25-23-34(24-26-35)37-27-28-45-43(32-37)39-17-5-7-21-44(39)51(45)29-9-2-10-30-51/h1,3-8,11-28,31-32H,2,9-10,29-30H2. The molecule has 1 spiro atoms. The van der Waals surface area contributed by atoms with E-state index in [0.29, 0.717) is 17.5 Å². The first-order valence-electron chi connectivity index (χ1n) is 19.4. The predicted octanol–water partition coefficient (Wildman–Crippen LogP) is 13.3. The molecule has 4 heteroatoms. The molecule has 0 aliphatic heterocycles. The molecule has 0 radical (unpaired) electrons. The summed E-state index contributed by atoms with van der Waals surface area (Å²) in [6, 6.07) is 58.1. The van der Waals surface area contributed by atoms with Crippen LogP contribution in [0, 0.1) is 0 Å². The molecule has 262 valence electrons. The van der Waals surface area contributed by atoms with E-state index in [1.165, 1.54) is 65.5 Å². The molecule has 0 bridgehead atoms. The Balaban J connectivity index is 1.02. The van der Waals surface area contributed by atoms with Crippen molar-refractivity contribution in [1.29, 1.82) is 0 Å². The van der Waals surface area contributed by atoms with Crippen molar-refractivity contribution in [2.75, 3.05) is 0 Å². The fraction of sp³-hybridized carbons (Fsp3) is 0.118. The highest BCUT2D eigenvalue weighted by Crippen LogP contribution is 2.56. The first-order chi connectivity index (χ1) is 27.2. The van der Waals surface area contributed by atoms with E-state index in [1.807, 2.05) is 30.3 Å². The molecule has 0 unspecified atom stereocenters. The third-order valence-corrected chi connectivity index (χ3v) is 12.0. The van der Waals surface area contributed by atoms with Gasteiger partial charge in [-0.3, -0.25) is 0 Å². The quantitative estimate of drug-likeness (QED) is 0.179. The molecule has 0 N–H and O–H groups in total. The van der Waals surface area contributed by atoms with Crippen LogP contribution in [0.3, 0.4) is 0 Å². The molecule has 1 fully saturated rings. The van der Waals surface area contributed by atoms with Crippen LogP contribution >= 0.6 is 0 Å². The summed E-state index contributed by atoms with van der Waals surface area (Å²) in [5.41, 5.74) is 14.9. The van der Waals surface area contributed by atoms with E-state index in [-0.39, 0.29) is 5.41 Å². The van der Waals surface area contributed by atoms with Crippen LogP contribution in [-0.4, -0.2) is 15.0 Å². The average Bonchev–Trinajstić information content (AvgIpc) is 3.77. The number of benzene rings is 7. The van der Waals surface area contributed by atoms with E-state index >= 15 is 0 Å². The first kappa shape index (κ1) is 31.8. The Labute approximate surface area is 320 Å². The van der Waals surface area contributed by atoms with Gasteiger partial charge in [0.1, 0.15) is 11.2 Å². The summed E-state index contributed by atoms with van der Waals surface area (Å²) in [4.78, 5) is 15.4. The highest BCUT2D eigenvalue weighted by molar-refractivity contribution is 6.09. The monoisotopic (exact) mass is 707 g/mol. The van der Waals surface area contributed by atoms with Gasteiger partial charge in [-0.25, -0.2) is 15.0 Å². The second-order valence-electron chi connectivity index (χ2n) is 15.1. The lowest BCUT2D eigenvalue weighted by Gasteiger charge is -2.36. The molecular formula is C51H37N3O. The normalized spacial score (nSPS) is 14.3. The number of fused-ring (bicyclic) bond motifs is 8. The van der Waals surface area contributed by atoms with E-state index in [4.69, 9.17) is 19.4 Å². The van der Waals surface area contributed by atoms with Crippen LogP contribution in [0.4, 0.5) is 0 Å². The first-order valence-corrected chi connectivity index (χ1v) is 19.4. The van der Waals surface area contributed by atoms with E-state index < -0.39 is 0 Å². The number of rotatable bonds is 5. The Hall–Kier alpha value is -6.65. The number of hydrogen-bond acceptors (Lipinski definition) is 4. The van der Waals surface area contributed by atoms with E-state index in [9.17, 15) is 0 Å². The summed E-state index contributed by atoms with van der Waals surface area (Å²) < 4.78 is 6.46. The van der Waals surface area contributed by atoms with Gasteiger partial charge in [-0.2, -0.15) is 0 Å². The van der Waals surface area contributed by atoms with Crippen LogP contribution in [0.25, 0.3) is 89.5 Å². The molecule has 0 saturated heterocycles. The van der Waals surface area contributed by atoms with Gasteiger partial charge < -0.3 is 4.42 Å². The van der Waals surface area contributed by atoms with Crippen LogP contribution in [0.15, 0.2) is 168 Å². The van der Waals surface area contributed by atoms with Gasteiger partial charge in [0.05, 0.1) is 5.56 Å². The molecule has 1 saturated carbocycles. The summed E-state index contributed by atoms with van der Waals surface area (Å²) >= 11 is 0. The molecular weight excluding hydrogens is 671 g/mol. The smallest absolute Gasteiger partial charge is 0.167 e. The van der Waals surface area contributed by atoms with Crippen LogP contribution in [-0.2, 0) is 5.41 Å². The van der Waals surface area contributed by atoms with Crippen LogP contribution < -0.4 is 0 Å². The average molecular weight is 708 g/mol. The third-order valence-electron chi connectivity index (χ3n) is 12.0. The van der Waals surface area contributed by atoms with Crippen molar-refractivity contribution in [3.05, 3.63) is 175 Å². The zero-order chi connectivity index (χ0) is 36.3. The fourth-order valence-corrected chi connectivity index (χ4v) is 9.30. The fourth-order valence-electron chi connectivity index (χ4n) is 9.30. The molecule has 2 aromatic heterocycles. The number of aromatic nitrogens is 3. The second kappa shape index (κ2) is 12.7. The minimum atomic E-state index is 0.161. The van der Waals surface area contributed by atoms with Crippen molar-refractivity contribution in [2.24, 2.45) is 0 Å². The summed E-state index contributed by atoms with van der Waals surface area (Å²) in [7, 11) is 0. The zero-order valence-electron chi connectivity index (χ0n) is 30.4. The largest absolute Gasteiger partial charge is 0.455 e. The van der Waals surface area contributed by atoms with Gasteiger partial charge in [-0.05, 0) is 81.6 Å². The van der Waals surface area contributed by atoms with Gasteiger partial charge in [0.15, 0.2) is 17.5 Å². The zero-order valence-corrected chi connectivity index (χ0v) is 30.4. The van der Waals surface area contributed by atoms with Gasteiger partial charge >= 0.3 is 0 Å². The Bertz CT molecular complexity index is 2900. The molecule has 11 rings (SSSR count). The molecule has 2 heterocycles. The molecule has 2 aliphatic rings. The Morgan fingerprint density at radius 2 is 0.964 bits per heavy atom. The molecule has 7 aromatic carbocycles. The van der Waals surface area contributed by atoms with Crippen molar-refractivity contribution in [1.82, 2.24) is 15.0 Å². The van der Waals surface area contributed by atoms with Gasteiger partial charge in [-0.15, -0.1) is 0 Å². The maximum atomic E-state index is 6.46. The van der Waals surface area contributed by atoms with Crippen LogP contribution in [0.1, 0.15) is 43.2 Å². The van der Waals surface area contributed by atoms with Gasteiger partial charge in [0.25, 0.3) is 0 Å². The predicted molar refractivity (Wildman–Crippen MR) is 224 cm³/mol. The highest BCUT2D eigenvalue weighted by atomic mass is 16.3. The summed E-state index contributed by atoms with van der Waals surface area (Å²) in [5.74, 6) is 1.81. The topological polar surface area (TPSA) is 51.8 Å². The van der Waals surface area contributed by atoms with Crippen molar-refractivity contribution in [3.8, 4) is 67.5 Å². The summed E-state index contributed by atoms with van der Waals surface area (Å²) in [5, 5.41) is 2.11. The highest BCUT2D eigenvalue weighted by Gasteiger charge is 2.43. The van der Waals surface area contributed by atoms with E-state index in [0.717, 1.165) is 49.8 Å². The number of para-hydroxylation sites is 2. The van der Waals surface area contributed by atoms with Crippen molar-refractivity contribution in [2.45, 2.75) is 37.5 Å². The number of hydrogen-bond donors (Lipinski definition) is 0. The minimum Gasteiger partial charge on any atom is -0.455 e. The molecule has 2 aliphatic carbocycles. The molecule has 4 nitrogen and oxygen atoms in total. The second-order valence-corrected chi connectivity index (χ2v) is 15.1. The molecule has 9 aromatic rings. The number of nitrogens with zero attached hydrogens (tertiary/aromatic N) is 3. The lowest BCUT2D eigenvalue weighted by Crippen LogP contribution is -2.27. The summed E-state index contributed by atoms with van der Waals surface area (Å²) in [6.07, 6.45) is 6.40.